The van der Waals surface area contributed by atoms with Crippen LogP contribution in [-0.2, 0) is 4.74 Å². The third-order valence-corrected chi connectivity index (χ3v) is 0.803. The van der Waals surface area contributed by atoms with Gasteiger partial charge in [-0.25, -0.2) is 0 Å². The minimum atomic E-state index is 0.699. The topological polar surface area (TPSA) is 21.3 Å². The summed E-state index contributed by atoms with van der Waals surface area (Å²) >= 11 is 0. The Morgan fingerprint density at radius 3 is 2.62 bits per heavy atom. The van der Waals surface area contributed by atoms with Crippen molar-refractivity contribution in [2.75, 3.05) is 19.9 Å². The van der Waals surface area contributed by atoms with E-state index in [0.29, 0.717) is 6.73 Å². The Balaban J connectivity index is 2.53. The van der Waals surface area contributed by atoms with Crippen molar-refractivity contribution in [2.45, 2.75) is 20.3 Å². The van der Waals surface area contributed by atoms with Crippen molar-refractivity contribution in [3.05, 3.63) is 0 Å². The normalized spacial score (nSPS) is 9.75. The first-order chi connectivity index (χ1) is 3.91. The molecule has 8 heavy (non-hydrogen) atoms. The molecule has 0 saturated carbocycles. The van der Waals surface area contributed by atoms with Crippen molar-refractivity contribution in [3.8, 4) is 0 Å². The Bertz CT molecular complexity index is 33.5. The summed E-state index contributed by atoms with van der Waals surface area (Å²) < 4.78 is 5.11. The van der Waals surface area contributed by atoms with Crippen LogP contribution in [0.3, 0.4) is 0 Å². The Morgan fingerprint density at radius 1 is 1.38 bits per heavy atom. The van der Waals surface area contributed by atoms with Gasteiger partial charge in [0.05, 0.1) is 6.73 Å². The van der Waals surface area contributed by atoms with Gasteiger partial charge in [-0.1, -0.05) is 13.8 Å². The Morgan fingerprint density at radius 2 is 2.12 bits per heavy atom. The van der Waals surface area contributed by atoms with Crippen molar-refractivity contribution in [3.63, 3.8) is 0 Å². The number of rotatable bonds is 5. The fourth-order valence-electron chi connectivity index (χ4n) is 0.391. The van der Waals surface area contributed by atoms with Crippen LogP contribution in [0.1, 0.15) is 20.3 Å². The van der Waals surface area contributed by atoms with Crippen LogP contribution in [0.15, 0.2) is 0 Å². The summed E-state index contributed by atoms with van der Waals surface area (Å²) in [4.78, 5) is 0. The first-order valence-electron chi connectivity index (χ1n) is 3.20. The van der Waals surface area contributed by atoms with Gasteiger partial charge in [-0.15, -0.1) is 0 Å². The van der Waals surface area contributed by atoms with E-state index in [-0.39, 0.29) is 0 Å². The van der Waals surface area contributed by atoms with Gasteiger partial charge >= 0.3 is 0 Å². The molecule has 0 aromatic carbocycles. The van der Waals surface area contributed by atoms with Crippen molar-refractivity contribution < 1.29 is 4.74 Å². The van der Waals surface area contributed by atoms with E-state index in [1.807, 2.05) is 0 Å². The predicted molar refractivity (Wildman–Crippen MR) is 34.8 cm³/mol. The molecule has 0 spiro atoms. The highest BCUT2D eigenvalue weighted by Gasteiger charge is 1.79. The standard InChI is InChI=1S/C6H15NO/c1-3-5-8-6-7-4-2/h7H,3-6H2,1-2H3. The summed E-state index contributed by atoms with van der Waals surface area (Å²) in [5.41, 5.74) is 0. The quantitative estimate of drug-likeness (QED) is 0.428. The van der Waals surface area contributed by atoms with Crippen LogP contribution in [-0.4, -0.2) is 19.9 Å². The Kier molecular flexibility index (Phi) is 6.85. The van der Waals surface area contributed by atoms with Gasteiger partial charge in [-0.2, -0.15) is 0 Å². The number of nitrogens with one attached hydrogen (secondary N) is 1. The molecule has 0 aromatic rings. The molecule has 0 aliphatic rings. The second-order valence-corrected chi connectivity index (χ2v) is 1.66. The molecule has 0 atom stereocenters. The van der Waals surface area contributed by atoms with Crippen LogP contribution < -0.4 is 5.32 Å². The molecule has 0 aliphatic heterocycles. The molecule has 0 heterocycles. The largest absolute Gasteiger partial charge is 0.366 e. The number of hydrogen-bond acceptors (Lipinski definition) is 2. The van der Waals surface area contributed by atoms with E-state index in [4.69, 9.17) is 4.74 Å². The summed E-state index contributed by atoms with van der Waals surface area (Å²) in [6.07, 6.45) is 1.10. The summed E-state index contributed by atoms with van der Waals surface area (Å²) in [5.74, 6) is 0. The molecule has 0 fully saturated rings. The smallest absolute Gasteiger partial charge is 0.0965 e. The summed E-state index contributed by atoms with van der Waals surface area (Å²) in [5, 5.41) is 3.06. The molecule has 0 bridgehead atoms. The highest BCUT2D eigenvalue weighted by atomic mass is 16.5. The minimum Gasteiger partial charge on any atom is -0.366 e. The third-order valence-electron chi connectivity index (χ3n) is 0.803. The summed E-state index contributed by atoms with van der Waals surface area (Å²) in [6, 6.07) is 0. The van der Waals surface area contributed by atoms with Crippen LogP contribution in [0.2, 0.25) is 0 Å². The zero-order chi connectivity index (χ0) is 6.24. The zero-order valence-electron chi connectivity index (χ0n) is 5.74. The van der Waals surface area contributed by atoms with E-state index in [9.17, 15) is 0 Å². The predicted octanol–water partition coefficient (Wildman–Crippen LogP) is 0.980. The maximum Gasteiger partial charge on any atom is 0.0965 e. The Hall–Kier alpha value is -0.0800. The van der Waals surface area contributed by atoms with E-state index >= 15 is 0 Å². The number of ether oxygens (including phenoxy) is 1. The fourth-order valence-corrected chi connectivity index (χ4v) is 0.391. The second-order valence-electron chi connectivity index (χ2n) is 1.66. The molecule has 0 aliphatic carbocycles. The highest BCUT2D eigenvalue weighted by Crippen LogP contribution is 1.75. The Labute approximate surface area is 51.2 Å². The van der Waals surface area contributed by atoms with Gasteiger partial charge in [0.1, 0.15) is 0 Å². The second kappa shape index (κ2) is 6.92. The maximum atomic E-state index is 5.11. The van der Waals surface area contributed by atoms with E-state index in [0.717, 1.165) is 19.6 Å². The molecule has 50 valence electrons. The summed E-state index contributed by atoms with van der Waals surface area (Å²) in [6.45, 7) is 6.72. The maximum absolute atomic E-state index is 5.11. The van der Waals surface area contributed by atoms with E-state index in [2.05, 4.69) is 19.2 Å². The molecule has 2 nitrogen and oxygen atoms in total. The molecule has 0 radical (unpaired) electrons. The fraction of sp³-hybridized carbons (Fsp3) is 1.00. The molecule has 2 heteroatoms. The molecule has 0 amide bonds. The molecule has 1 N–H and O–H groups in total. The van der Waals surface area contributed by atoms with Crippen molar-refractivity contribution in [1.82, 2.24) is 5.32 Å². The monoisotopic (exact) mass is 117 g/mol. The lowest BCUT2D eigenvalue weighted by Crippen LogP contribution is -2.16. The van der Waals surface area contributed by atoms with Gasteiger partial charge in [-0.3, -0.25) is 5.32 Å². The molecular weight excluding hydrogens is 102 g/mol. The van der Waals surface area contributed by atoms with Gasteiger partial charge in [0.25, 0.3) is 0 Å². The van der Waals surface area contributed by atoms with Gasteiger partial charge in [0.2, 0.25) is 0 Å². The van der Waals surface area contributed by atoms with Gasteiger partial charge in [0.15, 0.2) is 0 Å². The molecule has 0 aromatic heterocycles. The van der Waals surface area contributed by atoms with Crippen molar-refractivity contribution >= 4 is 0 Å². The van der Waals surface area contributed by atoms with Crippen LogP contribution in [0.5, 0.6) is 0 Å². The zero-order valence-corrected chi connectivity index (χ0v) is 5.74. The van der Waals surface area contributed by atoms with Crippen molar-refractivity contribution in [1.29, 1.82) is 0 Å². The lowest BCUT2D eigenvalue weighted by molar-refractivity contribution is 0.118. The molecule has 0 unspecified atom stereocenters. The molecular formula is C6H15NO. The van der Waals surface area contributed by atoms with E-state index in [1.54, 1.807) is 0 Å². The third kappa shape index (κ3) is 5.92. The highest BCUT2D eigenvalue weighted by molar-refractivity contribution is 4.28. The average Bonchev–Trinajstić information content (AvgIpc) is 1.81. The first-order valence-corrected chi connectivity index (χ1v) is 3.20. The van der Waals surface area contributed by atoms with Gasteiger partial charge in [-0.05, 0) is 13.0 Å². The SMILES string of the molecule is CCCOCNCC. The van der Waals surface area contributed by atoms with Crippen LogP contribution in [0.4, 0.5) is 0 Å². The average molecular weight is 117 g/mol. The number of hydrogen-bond donors (Lipinski definition) is 1. The van der Waals surface area contributed by atoms with Crippen LogP contribution in [0.25, 0.3) is 0 Å². The minimum absolute atomic E-state index is 0.699. The van der Waals surface area contributed by atoms with E-state index < -0.39 is 0 Å². The molecule has 0 rings (SSSR count). The van der Waals surface area contributed by atoms with Crippen molar-refractivity contribution in [2.24, 2.45) is 0 Å². The van der Waals surface area contributed by atoms with Gasteiger partial charge in [0, 0.05) is 6.61 Å². The lowest BCUT2D eigenvalue weighted by atomic mass is 10.5. The van der Waals surface area contributed by atoms with Crippen LogP contribution in [0, 0.1) is 0 Å². The van der Waals surface area contributed by atoms with Crippen LogP contribution >= 0.6 is 0 Å². The van der Waals surface area contributed by atoms with Gasteiger partial charge < -0.3 is 4.74 Å². The lowest BCUT2D eigenvalue weighted by Gasteiger charge is -2.00. The summed E-state index contributed by atoms with van der Waals surface area (Å²) in [7, 11) is 0. The molecule has 0 saturated heterocycles. The first kappa shape index (κ1) is 7.92. The van der Waals surface area contributed by atoms with E-state index in [1.165, 1.54) is 0 Å².